The molecule has 0 aliphatic rings. The molecule has 70 heavy (non-hydrogen) atoms. The van der Waals surface area contributed by atoms with Crippen LogP contribution >= 0.6 is 7.82 Å². The van der Waals surface area contributed by atoms with E-state index < -0.39 is 57.8 Å². The van der Waals surface area contributed by atoms with Gasteiger partial charge in [0.05, 0.1) is 19.8 Å². The summed E-state index contributed by atoms with van der Waals surface area (Å²) in [7, 11) is -4.77. The molecule has 3 atom stereocenters. The summed E-state index contributed by atoms with van der Waals surface area (Å²) in [6, 6.07) is 0. The second-order valence-corrected chi connectivity index (χ2v) is 19.1. The van der Waals surface area contributed by atoms with E-state index in [9.17, 15) is 28.9 Å². The Labute approximate surface area is 425 Å². The number of unbranched alkanes of at least 4 members (excludes halogenated alkanes) is 16. The van der Waals surface area contributed by atoms with Gasteiger partial charge in [-0.3, -0.25) is 23.4 Å². The van der Waals surface area contributed by atoms with Gasteiger partial charge in [-0.25, -0.2) is 4.57 Å². The molecular weight excluding hydrogens is 904 g/mol. The molecule has 0 saturated heterocycles. The Balaban J connectivity index is 4.82. The average Bonchev–Trinajstić information content (AvgIpc) is 3.35. The minimum absolute atomic E-state index is 0.107. The van der Waals surface area contributed by atoms with Gasteiger partial charge < -0.3 is 24.2 Å². The summed E-state index contributed by atoms with van der Waals surface area (Å²) in [4.78, 5) is 48.4. The van der Waals surface area contributed by atoms with Crippen LogP contribution in [0.25, 0.3) is 0 Å². The van der Waals surface area contributed by atoms with Gasteiger partial charge in [-0.2, -0.15) is 0 Å². The van der Waals surface area contributed by atoms with Crippen molar-refractivity contribution in [1.82, 2.24) is 0 Å². The van der Waals surface area contributed by atoms with Crippen molar-refractivity contribution in [2.75, 3.05) is 26.4 Å². The number of rotatable bonds is 49. The van der Waals surface area contributed by atoms with Gasteiger partial charge in [0.25, 0.3) is 0 Å². The van der Waals surface area contributed by atoms with E-state index in [1.807, 2.05) is 0 Å². The second kappa shape index (κ2) is 51.7. The zero-order valence-electron chi connectivity index (χ0n) is 43.9. The van der Waals surface area contributed by atoms with E-state index >= 15 is 0 Å². The Morgan fingerprint density at radius 3 is 1.23 bits per heavy atom. The first-order valence-corrected chi connectivity index (χ1v) is 28.6. The molecule has 3 unspecified atom stereocenters. The van der Waals surface area contributed by atoms with Gasteiger partial charge in [-0.15, -0.1) is 0 Å². The lowest BCUT2D eigenvalue weighted by molar-refractivity contribution is -0.161. The van der Waals surface area contributed by atoms with Crippen molar-refractivity contribution >= 4 is 25.7 Å². The molecule has 0 bridgehead atoms. The quantitative estimate of drug-likeness (QED) is 0.0197. The number of phosphoric acid groups is 1. The number of allylic oxidation sites excluding steroid dienone is 16. The van der Waals surface area contributed by atoms with Crippen molar-refractivity contribution < 1.29 is 52.2 Å². The van der Waals surface area contributed by atoms with Gasteiger partial charge in [-0.05, 0) is 116 Å². The maximum atomic E-state index is 12.9. The summed E-state index contributed by atoms with van der Waals surface area (Å²) in [5, 5.41) is 9.79. The van der Waals surface area contributed by atoms with Crippen LogP contribution in [0.15, 0.2) is 97.2 Å². The van der Waals surface area contributed by atoms with Gasteiger partial charge in [0.15, 0.2) is 6.10 Å². The lowest BCUT2D eigenvalue weighted by Gasteiger charge is -2.21. The van der Waals surface area contributed by atoms with E-state index in [-0.39, 0.29) is 25.9 Å². The first-order chi connectivity index (χ1) is 34.2. The van der Waals surface area contributed by atoms with Crippen LogP contribution in [0.2, 0.25) is 0 Å². The van der Waals surface area contributed by atoms with E-state index in [0.717, 1.165) is 135 Å². The summed E-state index contributed by atoms with van der Waals surface area (Å²) in [6.45, 7) is 4.34. The van der Waals surface area contributed by atoms with E-state index in [4.69, 9.17) is 23.3 Å². The maximum Gasteiger partial charge on any atom is 0.472 e. The highest BCUT2D eigenvalue weighted by molar-refractivity contribution is 7.47. The highest BCUT2D eigenvalue weighted by Gasteiger charge is 2.28. The molecule has 0 radical (unpaired) electrons. The molecule has 400 valence electrons. The third-order valence-electron chi connectivity index (χ3n) is 10.9. The Bertz CT molecular complexity index is 1540. The maximum absolute atomic E-state index is 12.9. The Morgan fingerprint density at radius 2 is 0.771 bits per heavy atom. The molecule has 2 N–H and O–H groups in total. The fourth-order valence-electron chi connectivity index (χ4n) is 6.82. The van der Waals surface area contributed by atoms with Crippen molar-refractivity contribution in [2.45, 2.75) is 226 Å². The van der Waals surface area contributed by atoms with Crippen LogP contribution in [0.3, 0.4) is 0 Å². The highest BCUT2D eigenvalue weighted by atomic mass is 31.2. The second-order valence-electron chi connectivity index (χ2n) is 17.7. The number of carbonyl (C=O) groups is 3. The normalized spacial score (nSPS) is 14.2. The van der Waals surface area contributed by atoms with Crippen LogP contribution in [0.4, 0.5) is 0 Å². The van der Waals surface area contributed by atoms with Crippen molar-refractivity contribution in [3.05, 3.63) is 97.2 Å². The number of carbonyl (C=O) groups excluding carboxylic acids is 3. The summed E-state index contributed by atoms with van der Waals surface area (Å²) in [5.74, 6) is -1.56. The lowest BCUT2D eigenvalue weighted by atomic mass is 10.1. The van der Waals surface area contributed by atoms with Crippen molar-refractivity contribution in [3.63, 3.8) is 0 Å². The third kappa shape index (κ3) is 49.4. The molecule has 0 fully saturated rings. The highest BCUT2D eigenvalue weighted by Crippen LogP contribution is 2.43. The molecule has 0 spiro atoms. The minimum atomic E-state index is -4.77. The van der Waals surface area contributed by atoms with Crippen LogP contribution in [0.5, 0.6) is 0 Å². The molecule has 0 amide bonds. The SMILES string of the molecule is CC/C=C\C/C=C\C/C=C\C/C=C\CCCCC(=O)OC(COC(=O)CCCCCCC/C=C\C/C=C\CCC)COP(=O)(O)OCC(CO)OC(=O)CCCCCCC/C=C\C/C=C\CCCCC. The van der Waals surface area contributed by atoms with Crippen molar-refractivity contribution in [2.24, 2.45) is 0 Å². The zero-order valence-corrected chi connectivity index (χ0v) is 44.8. The summed E-state index contributed by atoms with van der Waals surface area (Å²) in [6.07, 6.45) is 59.4. The number of hydrogen-bond donors (Lipinski definition) is 2. The minimum Gasteiger partial charge on any atom is -0.462 e. The molecule has 11 nitrogen and oxygen atoms in total. The predicted octanol–water partition coefficient (Wildman–Crippen LogP) is 15.7. The van der Waals surface area contributed by atoms with Crippen LogP contribution in [0, 0.1) is 0 Å². The van der Waals surface area contributed by atoms with E-state index in [2.05, 4.69) is 118 Å². The molecule has 0 rings (SSSR count). The number of ether oxygens (including phenoxy) is 3. The fraction of sp³-hybridized carbons (Fsp3) is 0.672. The third-order valence-corrected chi connectivity index (χ3v) is 11.9. The van der Waals surface area contributed by atoms with E-state index in [1.165, 1.54) is 19.3 Å². The van der Waals surface area contributed by atoms with Crippen LogP contribution in [0.1, 0.15) is 213 Å². The standard InChI is InChI=1S/C58H97O11P/c1-4-7-10-13-16-19-22-25-27-30-33-36-39-42-45-48-57(61)68-54(50-59)52-66-70(63,64)67-53-55(51-65-56(60)47-44-41-38-35-32-29-24-21-18-15-12-9-6-3)69-58(62)49-46-43-40-37-34-31-28-26-23-20-17-14-11-8-5-2/h8,11-12,15-17,19-21,24-28,34,37,54-55,59H,4-7,9-10,13-14,18,22-23,29-33,35-36,38-53H2,1-3H3,(H,63,64)/b11-8-,15-12-,19-16-,20-17-,24-21-,27-25-,28-26-,37-34-. The number of aliphatic hydroxyl groups is 1. The predicted molar refractivity (Wildman–Crippen MR) is 288 cm³/mol. The molecule has 0 aromatic rings. The summed E-state index contributed by atoms with van der Waals surface area (Å²) in [5.41, 5.74) is 0. The van der Waals surface area contributed by atoms with Crippen molar-refractivity contribution in [1.29, 1.82) is 0 Å². The molecule has 0 aliphatic carbocycles. The number of aliphatic hydroxyl groups excluding tert-OH is 1. The van der Waals surface area contributed by atoms with Crippen LogP contribution in [-0.4, -0.2) is 66.5 Å². The lowest BCUT2D eigenvalue weighted by Crippen LogP contribution is -2.30. The number of phosphoric ester groups is 1. The first-order valence-electron chi connectivity index (χ1n) is 27.1. The van der Waals surface area contributed by atoms with Crippen LogP contribution < -0.4 is 0 Å². The topological polar surface area (TPSA) is 155 Å². The largest absolute Gasteiger partial charge is 0.472 e. The molecule has 0 aromatic carbocycles. The number of hydrogen-bond acceptors (Lipinski definition) is 10. The monoisotopic (exact) mass is 1000 g/mol. The molecule has 0 aromatic heterocycles. The fourth-order valence-corrected chi connectivity index (χ4v) is 7.61. The number of esters is 3. The average molecular weight is 1000 g/mol. The molecule has 12 heteroatoms. The summed E-state index contributed by atoms with van der Waals surface area (Å²) >= 11 is 0. The van der Waals surface area contributed by atoms with Gasteiger partial charge >= 0.3 is 25.7 Å². The Kier molecular flexibility index (Phi) is 49.1. The van der Waals surface area contributed by atoms with E-state index in [0.29, 0.717) is 19.3 Å². The molecular formula is C58H97O11P. The molecule has 0 aliphatic heterocycles. The van der Waals surface area contributed by atoms with Gasteiger partial charge in [0.2, 0.25) is 0 Å². The van der Waals surface area contributed by atoms with E-state index in [1.54, 1.807) is 0 Å². The molecule has 0 saturated carbocycles. The molecule has 0 heterocycles. The smallest absolute Gasteiger partial charge is 0.462 e. The zero-order chi connectivity index (χ0) is 51.3. The van der Waals surface area contributed by atoms with Gasteiger partial charge in [0, 0.05) is 19.3 Å². The van der Waals surface area contributed by atoms with Crippen molar-refractivity contribution in [3.8, 4) is 0 Å². The Morgan fingerprint density at radius 1 is 0.414 bits per heavy atom. The Hall–Kier alpha value is -3.60. The first kappa shape index (κ1) is 66.4. The van der Waals surface area contributed by atoms with Crippen LogP contribution in [-0.2, 0) is 42.2 Å². The van der Waals surface area contributed by atoms with Gasteiger partial charge in [0.1, 0.15) is 12.7 Å². The van der Waals surface area contributed by atoms with Gasteiger partial charge in [-0.1, -0.05) is 176 Å². The summed E-state index contributed by atoms with van der Waals surface area (Å²) < 4.78 is 39.4.